The quantitative estimate of drug-likeness (QED) is 0.858. The smallest absolute Gasteiger partial charge is 0.0451 e. The van der Waals surface area contributed by atoms with Crippen LogP contribution in [0.15, 0.2) is 24.3 Å². The van der Waals surface area contributed by atoms with Gasteiger partial charge >= 0.3 is 0 Å². The summed E-state index contributed by atoms with van der Waals surface area (Å²) in [4.78, 5) is 2.44. The molecule has 1 fully saturated rings. The van der Waals surface area contributed by atoms with Crippen molar-refractivity contribution in [1.29, 1.82) is 0 Å². The average Bonchev–Trinajstić information content (AvgIpc) is 2.86. The van der Waals surface area contributed by atoms with E-state index in [9.17, 15) is 0 Å². The number of nitrogens with one attached hydrogen (secondary N) is 1. The minimum absolute atomic E-state index is 0.646. The number of rotatable bonds is 4. The first-order valence-corrected chi connectivity index (χ1v) is 6.78. The Balaban J connectivity index is 2.10. The molecule has 1 N–H and O–H groups in total. The number of nitrogens with zero attached hydrogens (tertiary/aromatic N) is 1. The van der Waals surface area contributed by atoms with E-state index in [1.165, 1.54) is 24.2 Å². The number of hydrogen-bond acceptors (Lipinski definition) is 2. The van der Waals surface area contributed by atoms with Crippen molar-refractivity contribution in [3.63, 3.8) is 0 Å². The summed E-state index contributed by atoms with van der Waals surface area (Å²) >= 11 is 0. The summed E-state index contributed by atoms with van der Waals surface area (Å²) < 4.78 is 0. The van der Waals surface area contributed by atoms with Gasteiger partial charge in [-0.3, -0.25) is 0 Å². The summed E-state index contributed by atoms with van der Waals surface area (Å²) in [5.74, 6) is 0.783. The van der Waals surface area contributed by atoms with Gasteiger partial charge in [0.2, 0.25) is 0 Å². The molecule has 2 atom stereocenters. The predicted octanol–water partition coefficient (Wildman–Crippen LogP) is 2.68. The van der Waals surface area contributed by atoms with Crippen LogP contribution in [-0.2, 0) is 6.42 Å². The standard InChI is InChI=1S/C15H24N2/c1-4-12-6-8-14(9-7-12)17(3)15-11-16-10-13(15)5-2/h6-9,13,15-16H,4-5,10-11H2,1-3H3. The summed E-state index contributed by atoms with van der Waals surface area (Å²) in [7, 11) is 2.22. The van der Waals surface area contributed by atoms with Gasteiger partial charge in [-0.05, 0) is 30.0 Å². The lowest BCUT2D eigenvalue weighted by atomic mass is 9.99. The Hall–Kier alpha value is -1.02. The molecule has 1 heterocycles. The second kappa shape index (κ2) is 5.54. The van der Waals surface area contributed by atoms with Gasteiger partial charge in [0.15, 0.2) is 0 Å². The Morgan fingerprint density at radius 1 is 1.18 bits per heavy atom. The van der Waals surface area contributed by atoms with Crippen molar-refractivity contribution in [2.24, 2.45) is 5.92 Å². The zero-order valence-corrected chi connectivity index (χ0v) is 11.2. The molecule has 0 bridgehead atoms. The Bertz CT molecular complexity index is 344. The molecular weight excluding hydrogens is 208 g/mol. The van der Waals surface area contributed by atoms with E-state index in [-0.39, 0.29) is 0 Å². The molecule has 0 saturated carbocycles. The van der Waals surface area contributed by atoms with Crippen molar-refractivity contribution in [2.45, 2.75) is 32.7 Å². The van der Waals surface area contributed by atoms with Crippen LogP contribution in [-0.4, -0.2) is 26.2 Å². The lowest BCUT2D eigenvalue weighted by molar-refractivity contribution is 0.482. The van der Waals surface area contributed by atoms with E-state index in [4.69, 9.17) is 0 Å². The first-order chi connectivity index (χ1) is 8.26. The highest BCUT2D eigenvalue weighted by Gasteiger charge is 2.28. The normalized spacial score (nSPS) is 23.9. The van der Waals surface area contributed by atoms with Gasteiger partial charge in [0, 0.05) is 31.9 Å². The van der Waals surface area contributed by atoms with Crippen LogP contribution in [0, 0.1) is 5.92 Å². The third-order valence-corrected chi connectivity index (χ3v) is 4.08. The molecule has 1 aliphatic rings. The molecule has 0 aromatic heterocycles. The van der Waals surface area contributed by atoms with Crippen LogP contribution < -0.4 is 10.2 Å². The predicted molar refractivity (Wildman–Crippen MR) is 74.7 cm³/mol. The van der Waals surface area contributed by atoms with E-state index >= 15 is 0 Å². The summed E-state index contributed by atoms with van der Waals surface area (Å²) in [6, 6.07) is 9.64. The summed E-state index contributed by atoms with van der Waals surface area (Å²) in [5.41, 5.74) is 2.76. The van der Waals surface area contributed by atoms with E-state index in [0.29, 0.717) is 6.04 Å². The molecule has 0 aliphatic carbocycles. The van der Waals surface area contributed by atoms with Gasteiger partial charge in [-0.2, -0.15) is 0 Å². The topological polar surface area (TPSA) is 15.3 Å². The zero-order valence-electron chi connectivity index (χ0n) is 11.2. The van der Waals surface area contributed by atoms with Crippen molar-refractivity contribution >= 4 is 5.69 Å². The minimum atomic E-state index is 0.646. The van der Waals surface area contributed by atoms with Crippen molar-refractivity contribution < 1.29 is 0 Å². The summed E-state index contributed by atoms with van der Waals surface area (Å²) in [6.07, 6.45) is 2.38. The van der Waals surface area contributed by atoms with Crippen molar-refractivity contribution in [1.82, 2.24) is 5.32 Å². The maximum absolute atomic E-state index is 3.50. The van der Waals surface area contributed by atoms with Gasteiger partial charge < -0.3 is 10.2 Å². The number of benzene rings is 1. The van der Waals surface area contributed by atoms with Gasteiger partial charge in [0.1, 0.15) is 0 Å². The first kappa shape index (κ1) is 12.4. The van der Waals surface area contributed by atoms with Crippen LogP contribution in [0.5, 0.6) is 0 Å². The lowest BCUT2D eigenvalue weighted by Gasteiger charge is -2.30. The van der Waals surface area contributed by atoms with E-state index < -0.39 is 0 Å². The largest absolute Gasteiger partial charge is 0.370 e. The highest BCUT2D eigenvalue weighted by Crippen LogP contribution is 2.24. The molecule has 2 heteroatoms. The number of hydrogen-bond donors (Lipinski definition) is 1. The Kier molecular flexibility index (Phi) is 4.06. The molecule has 2 nitrogen and oxygen atoms in total. The SMILES string of the molecule is CCc1ccc(N(C)C2CNCC2CC)cc1. The van der Waals surface area contributed by atoms with E-state index in [0.717, 1.165) is 18.9 Å². The van der Waals surface area contributed by atoms with Gasteiger partial charge in [-0.15, -0.1) is 0 Å². The van der Waals surface area contributed by atoms with E-state index in [1.54, 1.807) is 0 Å². The number of anilines is 1. The van der Waals surface area contributed by atoms with E-state index in [2.05, 4.69) is 55.4 Å². The fourth-order valence-corrected chi connectivity index (χ4v) is 2.75. The lowest BCUT2D eigenvalue weighted by Crippen LogP contribution is -2.37. The zero-order chi connectivity index (χ0) is 12.3. The molecule has 17 heavy (non-hydrogen) atoms. The Morgan fingerprint density at radius 3 is 2.47 bits per heavy atom. The fourth-order valence-electron chi connectivity index (χ4n) is 2.75. The third-order valence-electron chi connectivity index (χ3n) is 4.08. The summed E-state index contributed by atoms with van der Waals surface area (Å²) in [5, 5.41) is 3.50. The van der Waals surface area contributed by atoms with Crippen molar-refractivity contribution in [3.05, 3.63) is 29.8 Å². The van der Waals surface area contributed by atoms with Gasteiger partial charge in [0.05, 0.1) is 0 Å². The molecule has 0 radical (unpaired) electrons. The second-order valence-corrected chi connectivity index (χ2v) is 5.02. The molecule has 1 aromatic rings. The van der Waals surface area contributed by atoms with Crippen LogP contribution in [0.1, 0.15) is 25.8 Å². The second-order valence-electron chi connectivity index (χ2n) is 5.02. The maximum Gasteiger partial charge on any atom is 0.0451 e. The van der Waals surface area contributed by atoms with Crippen molar-refractivity contribution in [2.75, 3.05) is 25.0 Å². The molecular formula is C15H24N2. The van der Waals surface area contributed by atoms with E-state index in [1.807, 2.05) is 0 Å². The minimum Gasteiger partial charge on any atom is -0.370 e. The maximum atomic E-state index is 3.50. The highest BCUT2D eigenvalue weighted by atomic mass is 15.2. The van der Waals surface area contributed by atoms with Crippen LogP contribution in [0.3, 0.4) is 0 Å². The number of aryl methyl sites for hydroxylation is 1. The highest BCUT2D eigenvalue weighted by molar-refractivity contribution is 5.48. The average molecular weight is 232 g/mol. The van der Waals surface area contributed by atoms with Crippen LogP contribution >= 0.6 is 0 Å². The Morgan fingerprint density at radius 2 is 1.88 bits per heavy atom. The third kappa shape index (κ3) is 2.63. The monoisotopic (exact) mass is 232 g/mol. The number of likely N-dealkylation sites (N-methyl/N-ethyl adjacent to an activating group) is 1. The molecule has 0 spiro atoms. The molecule has 1 aromatic carbocycles. The van der Waals surface area contributed by atoms with Crippen LogP contribution in [0.4, 0.5) is 5.69 Å². The van der Waals surface area contributed by atoms with Crippen LogP contribution in [0.25, 0.3) is 0 Å². The molecule has 2 unspecified atom stereocenters. The fraction of sp³-hybridized carbons (Fsp3) is 0.600. The molecule has 94 valence electrons. The molecule has 1 saturated heterocycles. The van der Waals surface area contributed by atoms with Crippen molar-refractivity contribution in [3.8, 4) is 0 Å². The molecule has 2 rings (SSSR count). The van der Waals surface area contributed by atoms with Gasteiger partial charge in [-0.25, -0.2) is 0 Å². The molecule has 0 amide bonds. The first-order valence-electron chi connectivity index (χ1n) is 6.78. The van der Waals surface area contributed by atoms with Gasteiger partial charge in [0.25, 0.3) is 0 Å². The van der Waals surface area contributed by atoms with Gasteiger partial charge in [-0.1, -0.05) is 32.4 Å². The Labute approximate surface area is 105 Å². The summed E-state index contributed by atoms with van der Waals surface area (Å²) in [6.45, 7) is 6.77. The molecule has 1 aliphatic heterocycles. The van der Waals surface area contributed by atoms with Crippen LogP contribution in [0.2, 0.25) is 0 Å².